The van der Waals surface area contributed by atoms with Crippen molar-refractivity contribution in [1.82, 2.24) is 14.8 Å². The first-order valence-corrected chi connectivity index (χ1v) is 7.29. The summed E-state index contributed by atoms with van der Waals surface area (Å²) >= 11 is 7.09. The second-order valence-electron chi connectivity index (χ2n) is 4.77. The summed E-state index contributed by atoms with van der Waals surface area (Å²) in [5.41, 5.74) is 0.00164. The molecule has 1 N–H and O–H groups in total. The third-order valence-corrected chi connectivity index (χ3v) is 4.66. The fraction of sp³-hybridized carbons (Fsp3) is 0.500. The zero-order valence-corrected chi connectivity index (χ0v) is 11.8. The van der Waals surface area contributed by atoms with Crippen LogP contribution in [0.3, 0.4) is 0 Å². The Labute approximate surface area is 115 Å². The first-order valence-electron chi connectivity index (χ1n) is 6.00. The van der Waals surface area contributed by atoms with Gasteiger partial charge in [0.1, 0.15) is 0 Å². The lowest BCUT2D eigenvalue weighted by atomic mass is 9.92. The molecule has 0 radical (unpaired) electrons. The molecule has 0 unspecified atom stereocenters. The Morgan fingerprint density at radius 1 is 1.50 bits per heavy atom. The van der Waals surface area contributed by atoms with Gasteiger partial charge in [0.25, 0.3) is 0 Å². The van der Waals surface area contributed by atoms with Gasteiger partial charge in [0.15, 0.2) is 10.6 Å². The van der Waals surface area contributed by atoms with E-state index in [4.69, 9.17) is 17.0 Å². The highest BCUT2D eigenvalue weighted by molar-refractivity contribution is 7.71. The van der Waals surface area contributed by atoms with E-state index in [1.807, 2.05) is 6.07 Å². The molecule has 6 heteroatoms. The van der Waals surface area contributed by atoms with Gasteiger partial charge in [-0.1, -0.05) is 6.07 Å². The van der Waals surface area contributed by atoms with E-state index in [2.05, 4.69) is 33.1 Å². The van der Waals surface area contributed by atoms with E-state index in [0.717, 1.165) is 36.8 Å². The quantitative estimate of drug-likeness (QED) is 0.860. The second-order valence-corrected chi connectivity index (χ2v) is 6.11. The summed E-state index contributed by atoms with van der Waals surface area (Å²) in [6.07, 6.45) is 1.94. The molecule has 3 heterocycles. The van der Waals surface area contributed by atoms with Gasteiger partial charge in [-0.2, -0.15) is 5.10 Å². The highest BCUT2D eigenvalue weighted by Crippen LogP contribution is 2.34. The molecule has 0 aliphatic carbocycles. The molecular weight excluding hydrogens is 266 g/mol. The summed E-state index contributed by atoms with van der Waals surface area (Å²) in [7, 11) is 0. The Hall–Kier alpha value is -0.980. The van der Waals surface area contributed by atoms with E-state index < -0.39 is 0 Å². The van der Waals surface area contributed by atoms with Crippen molar-refractivity contribution in [1.29, 1.82) is 0 Å². The fourth-order valence-corrected chi connectivity index (χ4v) is 3.46. The minimum absolute atomic E-state index is 0.00164. The van der Waals surface area contributed by atoms with E-state index in [-0.39, 0.29) is 5.54 Å². The lowest BCUT2D eigenvalue weighted by Gasteiger charge is -2.35. The number of hydrogen-bond acceptors (Lipinski definition) is 4. The Bertz CT molecular complexity index is 579. The maximum Gasteiger partial charge on any atom is 0.195 e. The standard InChI is InChI=1S/C12H15N3OS2/c1-12(4-6-16-7-5-12)15-10(13-14-11(15)17)9-3-2-8-18-9/h2-3,8H,4-7H2,1H3,(H,14,17). The summed E-state index contributed by atoms with van der Waals surface area (Å²) in [5, 5.41) is 9.38. The second kappa shape index (κ2) is 4.60. The summed E-state index contributed by atoms with van der Waals surface area (Å²) in [5.74, 6) is 0.944. The number of ether oxygens (including phenoxy) is 1. The molecule has 0 aromatic carbocycles. The molecule has 2 aromatic heterocycles. The first-order chi connectivity index (χ1) is 8.71. The molecule has 1 saturated heterocycles. The molecule has 4 nitrogen and oxygen atoms in total. The van der Waals surface area contributed by atoms with Crippen molar-refractivity contribution in [2.45, 2.75) is 25.3 Å². The lowest BCUT2D eigenvalue weighted by molar-refractivity contribution is 0.0295. The van der Waals surface area contributed by atoms with Crippen molar-refractivity contribution in [3.8, 4) is 10.7 Å². The minimum Gasteiger partial charge on any atom is -0.381 e. The van der Waals surface area contributed by atoms with Gasteiger partial charge in [0.2, 0.25) is 0 Å². The molecule has 1 fully saturated rings. The van der Waals surface area contributed by atoms with Gasteiger partial charge in [-0.25, -0.2) is 0 Å². The maximum absolute atomic E-state index is 5.46. The Morgan fingerprint density at radius 2 is 2.28 bits per heavy atom. The molecule has 0 spiro atoms. The predicted molar refractivity (Wildman–Crippen MR) is 74.4 cm³/mol. The normalized spacial score (nSPS) is 18.9. The van der Waals surface area contributed by atoms with Crippen LogP contribution in [0.1, 0.15) is 19.8 Å². The maximum atomic E-state index is 5.46. The summed E-state index contributed by atoms with van der Waals surface area (Å²) in [6.45, 7) is 3.80. The van der Waals surface area contributed by atoms with Gasteiger partial charge in [-0.15, -0.1) is 11.3 Å². The topological polar surface area (TPSA) is 42.8 Å². The zero-order chi connectivity index (χ0) is 12.6. The Balaban J connectivity index is 2.11. The number of nitrogens with one attached hydrogen (secondary N) is 1. The third kappa shape index (κ3) is 1.94. The molecule has 2 aromatic rings. The number of rotatable bonds is 2. The van der Waals surface area contributed by atoms with Crippen LogP contribution in [0.2, 0.25) is 0 Å². The van der Waals surface area contributed by atoms with Crippen molar-refractivity contribution in [2.75, 3.05) is 13.2 Å². The van der Waals surface area contributed by atoms with Crippen LogP contribution in [0.5, 0.6) is 0 Å². The van der Waals surface area contributed by atoms with E-state index in [0.29, 0.717) is 4.77 Å². The molecule has 1 aliphatic heterocycles. The van der Waals surface area contributed by atoms with Crippen molar-refractivity contribution >= 4 is 23.6 Å². The molecule has 18 heavy (non-hydrogen) atoms. The first kappa shape index (κ1) is 12.1. The summed E-state index contributed by atoms with van der Waals surface area (Å²) in [6, 6.07) is 4.11. The number of aromatic nitrogens is 3. The smallest absolute Gasteiger partial charge is 0.195 e. The minimum atomic E-state index is 0.00164. The number of H-pyrrole nitrogens is 1. The summed E-state index contributed by atoms with van der Waals surface area (Å²) in [4.78, 5) is 1.15. The zero-order valence-electron chi connectivity index (χ0n) is 10.2. The molecule has 0 saturated carbocycles. The van der Waals surface area contributed by atoms with Crippen molar-refractivity contribution in [3.05, 3.63) is 22.3 Å². The molecular formula is C12H15N3OS2. The van der Waals surface area contributed by atoms with Gasteiger partial charge < -0.3 is 4.74 Å². The lowest BCUT2D eigenvalue weighted by Crippen LogP contribution is -2.37. The van der Waals surface area contributed by atoms with Gasteiger partial charge in [-0.05, 0) is 43.4 Å². The predicted octanol–water partition coefficient (Wildman–Crippen LogP) is 3.19. The molecule has 96 valence electrons. The third-order valence-electron chi connectivity index (χ3n) is 3.52. The van der Waals surface area contributed by atoms with Crippen LogP contribution in [0.25, 0.3) is 10.7 Å². The number of thiophene rings is 1. The molecule has 3 rings (SSSR count). The molecule has 1 aliphatic rings. The SMILES string of the molecule is CC1(n2c(-c3cccs3)n[nH]c2=S)CCOCC1. The van der Waals surface area contributed by atoms with E-state index >= 15 is 0 Å². The number of hydrogen-bond donors (Lipinski definition) is 1. The Kier molecular flexibility index (Phi) is 3.09. The average molecular weight is 281 g/mol. The number of nitrogens with zero attached hydrogens (tertiary/aromatic N) is 2. The van der Waals surface area contributed by atoms with Gasteiger partial charge in [0.05, 0.1) is 10.4 Å². The van der Waals surface area contributed by atoms with Crippen molar-refractivity contribution in [2.24, 2.45) is 0 Å². The van der Waals surface area contributed by atoms with Crippen LogP contribution in [0.4, 0.5) is 0 Å². The highest BCUT2D eigenvalue weighted by atomic mass is 32.1. The average Bonchev–Trinajstić information content (AvgIpc) is 2.98. The Morgan fingerprint density at radius 3 is 2.94 bits per heavy atom. The monoisotopic (exact) mass is 281 g/mol. The van der Waals surface area contributed by atoms with E-state index in [1.54, 1.807) is 11.3 Å². The van der Waals surface area contributed by atoms with E-state index in [1.165, 1.54) is 0 Å². The molecule has 0 bridgehead atoms. The van der Waals surface area contributed by atoms with Crippen LogP contribution in [-0.4, -0.2) is 28.0 Å². The van der Waals surface area contributed by atoms with Crippen LogP contribution in [0, 0.1) is 4.77 Å². The van der Waals surface area contributed by atoms with E-state index in [9.17, 15) is 0 Å². The van der Waals surface area contributed by atoms with Crippen LogP contribution in [-0.2, 0) is 10.3 Å². The van der Waals surface area contributed by atoms with Crippen LogP contribution in [0.15, 0.2) is 17.5 Å². The van der Waals surface area contributed by atoms with Crippen LogP contribution < -0.4 is 0 Å². The number of aromatic amines is 1. The molecule has 0 amide bonds. The van der Waals surface area contributed by atoms with Gasteiger partial charge in [-0.3, -0.25) is 9.67 Å². The van der Waals surface area contributed by atoms with Crippen molar-refractivity contribution < 1.29 is 4.74 Å². The summed E-state index contributed by atoms with van der Waals surface area (Å²) < 4.78 is 8.32. The fourth-order valence-electron chi connectivity index (χ4n) is 2.40. The largest absolute Gasteiger partial charge is 0.381 e. The molecule has 0 atom stereocenters. The van der Waals surface area contributed by atoms with Gasteiger partial charge in [0, 0.05) is 13.2 Å². The highest BCUT2D eigenvalue weighted by Gasteiger charge is 2.32. The van der Waals surface area contributed by atoms with Crippen LogP contribution >= 0.6 is 23.6 Å². The van der Waals surface area contributed by atoms with Crippen molar-refractivity contribution in [3.63, 3.8) is 0 Å². The van der Waals surface area contributed by atoms with Gasteiger partial charge >= 0.3 is 0 Å².